The number of hydrogen-bond donors (Lipinski definition) is 2. The Bertz CT molecular complexity index is 670. The summed E-state index contributed by atoms with van der Waals surface area (Å²) in [5.41, 5.74) is 0.549. The second-order valence-corrected chi connectivity index (χ2v) is 4.95. The summed E-state index contributed by atoms with van der Waals surface area (Å²) in [7, 11) is 0. The molecule has 0 bridgehead atoms. The second-order valence-electron chi connectivity index (χ2n) is 4.10. The van der Waals surface area contributed by atoms with E-state index in [2.05, 4.69) is 21.2 Å². The van der Waals surface area contributed by atoms with Gasteiger partial charge in [0, 0.05) is 18.2 Å². The molecule has 2 aromatic rings. The van der Waals surface area contributed by atoms with E-state index in [4.69, 9.17) is 9.52 Å². The number of carbonyl (C=O) groups is 1. The number of hydrogen-bond acceptors (Lipinski definition) is 3. The molecule has 2 N–H and O–H groups in total. The zero-order chi connectivity index (χ0) is 14.9. The van der Waals surface area contributed by atoms with Crippen LogP contribution in [0.3, 0.4) is 0 Å². The summed E-state index contributed by atoms with van der Waals surface area (Å²) in [5, 5.41) is 11.5. The molecule has 0 unspecified atom stereocenters. The van der Waals surface area contributed by atoms with Gasteiger partial charge in [0.1, 0.15) is 17.4 Å². The molecule has 0 aliphatic heterocycles. The van der Waals surface area contributed by atoms with Gasteiger partial charge < -0.3 is 14.8 Å². The lowest BCUT2D eigenvalue weighted by Gasteiger charge is -2.07. The number of furan rings is 1. The van der Waals surface area contributed by atoms with Crippen LogP contribution in [0.4, 0.5) is 14.5 Å². The van der Waals surface area contributed by atoms with Crippen molar-refractivity contribution in [1.29, 1.82) is 0 Å². The maximum Gasteiger partial charge on any atom is 0.371 e. The highest BCUT2D eigenvalue weighted by atomic mass is 79.9. The Morgan fingerprint density at radius 1 is 1.35 bits per heavy atom. The Labute approximate surface area is 121 Å². The fourth-order valence-corrected chi connectivity index (χ4v) is 1.96. The lowest BCUT2D eigenvalue weighted by atomic mass is 10.2. The summed E-state index contributed by atoms with van der Waals surface area (Å²) in [6.45, 7) is 1.72. The lowest BCUT2D eigenvalue weighted by Crippen LogP contribution is -2.02. The first-order chi connectivity index (χ1) is 9.38. The van der Waals surface area contributed by atoms with Crippen LogP contribution in [0.15, 0.2) is 27.1 Å². The van der Waals surface area contributed by atoms with Crippen LogP contribution in [0.1, 0.15) is 21.9 Å². The molecule has 2 rings (SSSR count). The van der Waals surface area contributed by atoms with Crippen LogP contribution in [-0.2, 0) is 6.54 Å². The predicted octanol–water partition coefficient (Wildman–Crippen LogP) is 3.94. The van der Waals surface area contributed by atoms with E-state index >= 15 is 0 Å². The highest BCUT2D eigenvalue weighted by Gasteiger charge is 2.14. The molecule has 4 nitrogen and oxygen atoms in total. The average Bonchev–Trinajstić information content (AvgIpc) is 2.74. The van der Waals surface area contributed by atoms with Crippen molar-refractivity contribution in [1.82, 2.24) is 0 Å². The summed E-state index contributed by atoms with van der Waals surface area (Å²) < 4.78 is 32.0. The van der Waals surface area contributed by atoms with Crippen LogP contribution >= 0.6 is 15.9 Å². The number of carboxylic acid groups (broad SMARTS) is 1. The van der Waals surface area contributed by atoms with E-state index < -0.39 is 17.6 Å². The van der Waals surface area contributed by atoms with Crippen LogP contribution in [0.25, 0.3) is 0 Å². The van der Waals surface area contributed by atoms with Crippen LogP contribution in [0, 0.1) is 18.6 Å². The molecule has 0 saturated carbocycles. The van der Waals surface area contributed by atoms with Gasteiger partial charge in [0.25, 0.3) is 0 Å². The van der Waals surface area contributed by atoms with Crippen LogP contribution in [-0.4, -0.2) is 11.1 Å². The molecule has 0 atom stereocenters. The van der Waals surface area contributed by atoms with Gasteiger partial charge in [0.05, 0.1) is 10.2 Å². The third-order valence-corrected chi connectivity index (χ3v) is 3.32. The van der Waals surface area contributed by atoms with Crippen molar-refractivity contribution < 1.29 is 23.1 Å². The molecule has 0 fully saturated rings. The van der Waals surface area contributed by atoms with Crippen molar-refractivity contribution >= 4 is 27.6 Å². The fraction of sp³-hybridized carbons (Fsp3) is 0.154. The Morgan fingerprint density at radius 2 is 2.05 bits per heavy atom. The Hall–Kier alpha value is -1.89. The van der Waals surface area contributed by atoms with Crippen molar-refractivity contribution in [2.24, 2.45) is 0 Å². The van der Waals surface area contributed by atoms with E-state index in [1.54, 1.807) is 6.92 Å². The molecule has 0 amide bonds. The number of nitrogens with one attached hydrogen (secondary N) is 1. The highest BCUT2D eigenvalue weighted by Crippen LogP contribution is 2.24. The third-order valence-electron chi connectivity index (χ3n) is 2.71. The van der Waals surface area contributed by atoms with E-state index in [9.17, 15) is 13.6 Å². The number of benzene rings is 1. The van der Waals surface area contributed by atoms with Crippen molar-refractivity contribution in [3.63, 3.8) is 0 Å². The van der Waals surface area contributed by atoms with E-state index in [1.165, 1.54) is 6.07 Å². The smallest absolute Gasteiger partial charge is 0.371 e. The van der Waals surface area contributed by atoms with Crippen LogP contribution < -0.4 is 5.32 Å². The molecule has 0 spiro atoms. The van der Waals surface area contributed by atoms with Gasteiger partial charge in [0.2, 0.25) is 5.76 Å². The van der Waals surface area contributed by atoms with Gasteiger partial charge in [-0.25, -0.2) is 13.6 Å². The largest absolute Gasteiger partial charge is 0.475 e. The highest BCUT2D eigenvalue weighted by molar-refractivity contribution is 9.10. The minimum absolute atomic E-state index is 0.0109. The van der Waals surface area contributed by atoms with E-state index in [0.717, 1.165) is 12.1 Å². The van der Waals surface area contributed by atoms with Crippen molar-refractivity contribution in [3.05, 3.63) is 51.4 Å². The quantitative estimate of drug-likeness (QED) is 0.824. The molecule has 20 heavy (non-hydrogen) atoms. The molecule has 0 aliphatic rings. The lowest BCUT2D eigenvalue weighted by molar-refractivity contribution is 0.0661. The summed E-state index contributed by atoms with van der Waals surface area (Å²) in [6, 6.07) is 3.38. The standard InChI is InChI=1S/C13H10BrF2NO3/c1-6-7(2-12(20-6)13(18)19)5-17-11-4-9(15)8(14)3-10(11)16/h2-4,17H,5H2,1H3,(H,18,19). The normalized spacial score (nSPS) is 10.6. The summed E-state index contributed by atoms with van der Waals surface area (Å²) in [4.78, 5) is 10.7. The number of aromatic carboxylic acids is 1. The Balaban J connectivity index is 2.17. The summed E-state index contributed by atoms with van der Waals surface area (Å²) in [5.74, 6) is -2.17. The average molecular weight is 346 g/mol. The number of carboxylic acids is 1. The fourth-order valence-electron chi connectivity index (χ4n) is 1.65. The molecule has 1 aromatic heterocycles. The van der Waals surface area contributed by atoms with Crippen molar-refractivity contribution in [2.45, 2.75) is 13.5 Å². The van der Waals surface area contributed by atoms with Gasteiger partial charge in [-0.3, -0.25) is 0 Å². The predicted molar refractivity (Wildman–Crippen MR) is 71.8 cm³/mol. The zero-order valence-corrected chi connectivity index (χ0v) is 11.9. The van der Waals surface area contributed by atoms with Gasteiger partial charge in [-0.05, 0) is 35.0 Å². The maximum atomic E-state index is 13.6. The molecule has 1 aromatic carbocycles. The van der Waals surface area contributed by atoms with Crippen LogP contribution in [0.5, 0.6) is 0 Å². The number of aryl methyl sites for hydroxylation is 1. The molecule has 106 valence electrons. The van der Waals surface area contributed by atoms with Gasteiger partial charge in [-0.1, -0.05) is 0 Å². The Morgan fingerprint density at radius 3 is 2.65 bits per heavy atom. The first kappa shape index (κ1) is 14.5. The first-order valence-electron chi connectivity index (χ1n) is 5.59. The second kappa shape index (κ2) is 5.62. The first-order valence-corrected chi connectivity index (χ1v) is 6.39. The monoisotopic (exact) mass is 345 g/mol. The maximum absolute atomic E-state index is 13.6. The molecule has 1 heterocycles. The summed E-state index contributed by atoms with van der Waals surface area (Å²) >= 11 is 2.88. The summed E-state index contributed by atoms with van der Waals surface area (Å²) in [6.07, 6.45) is 0. The van der Waals surface area contributed by atoms with Gasteiger partial charge in [-0.15, -0.1) is 0 Å². The van der Waals surface area contributed by atoms with Gasteiger partial charge in [0.15, 0.2) is 0 Å². The SMILES string of the molecule is Cc1oc(C(=O)O)cc1CNc1cc(F)c(Br)cc1F. The van der Waals surface area contributed by atoms with Crippen molar-refractivity contribution in [2.75, 3.05) is 5.32 Å². The Kier molecular flexibility index (Phi) is 4.08. The molecular weight excluding hydrogens is 336 g/mol. The van der Waals surface area contributed by atoms with Crippen molar-refractivity contribution in [3.8, 4) is 0 Å². The van der Waals surface area contributed by atoms with Gasteiger partial charge >= 0.3 is 5.97 Å². The minimum Gasteiger partial charge on any atom is -0.475 e. The molecular formula is C13H10BrF2NO3. The molecule has 0 saturated heterocycles. The topological polar surface area (TPSA) is 62.5 Å². The third kappa shape index (κ3) is 2.98. The molecule has 0 radical (unpaired) electrons. The number of rotatable bonds is 4. The van der Waals surface area contributed by atoms with E-state index in [0.29, 0.717) is 11.3 Å². The van der Waals surface area contributed by atoms with Gasteiger partial charge in [-0.2, -0.15) is 0 Å². The molecule has 0 aliphatic carbocycles. The van der Waals surface area contributed by atoms with E-state index in [-0.39, 0.29) is 22.5 Å². The number of anilines is 1. The van der Waals surface area contributed by atoms with Crippen LogP contribution in [0.2, 0.25) is 0 Å². The van der Waals surface area contributed by atoms with E-state index in [1.807, 2.05) is 0 Å². The number of halogens is 3. The minimum atomic E-state index is -1.18. The molecule has 7 heteroatoms. The zero-order valence-electron chi connectivity index (χ0n) is 10.3.